The van der Waals surface area contributed by atoms with Gasteiger partial charge < -0.3 is 15.6 Å². The largest absolute Gasteiger partial charge is 0.496 e. The Kier molecular flexibility index (Phi) is 6.92. The van der Waals surface area contributed by atoms with Crippen LogP contribution in [0.2, 0.25) is 0 Å². The second kappa shape index (κ2) is 7.06. The SMILES string of the molecule is COc1ccc(Br)cc1[C@H](N)CCO.Cl. The second-order valence-corrected chi connectivity index (χ2v) is 3.92. The van der Waals surface area contributed by atoms with Crippen molar-refractivity contribution in [3.05, 3.63) is 28.2 Å². The Morgan fingerprint density at radius 1 is 1.53 bits per heavy atom. The number of ether oxygens (including phenoxy) is 1. The standard InChI is InChI=1S/C10H14BrNO2.ClH/c1-14-10-3-2-7(11)6-8(10)9(12)4-5-13;/h2-3,6,9,13H,4-5,12H2,1H3;1H/t9-;/m1./s1. The van der Waals surface area contributed by atoms with E-state index in [1.54, 1.807) is 7.11 Å². The van der Waals surface area contributed by atoms with Gasteiger partial charge in [-0.1, -0.05) is 15.9 Å². The maximum atomic E-state index is 8.80. The molecule has 3 N–H and O–H groups in total. The minimum Gasteiger partial charge on any atom is -0.496 e. The smallest absolute Gasteiger partial charge is 0.123 e. The minimum atomic E-state index is -0.188. The quantitative estimate of drug-likeness (QED) is 0.896. The van der Waals surface area contributed by atoms with E-state index < -0.39 is 0 Å². The Morgan fingerprint density at radius 2 is 2.20 bits per heavy atom. The maximum absolute atomic E-state index is 8.80. The minimum absolute atomic E-state index is 0. The molecular weight excluding hydrogens is 281 g/mol. The summed E-state index contributed by atoms with van der Waals surface area (Å²) in [6.45, 7) is 0.0802. The number of hydrogen-bond donors (Lipinski definition) is 2. The number of nitrogens with two attached hydrogens (primary N) is 1. The first kappa shape index (κ1) is 14.7. The molecule has 0 saturated carbocycles. The number of aliphatic hydroxyl groups is 1. The highest BCUT2D eigenvalue weighted by Crippen LogP contribution is 2.28. The highest BCUT2D eigenvalue weighted by molar-refractivity contribution is 9.10. The van der Waals surface area contributed by atoms with Crippen LogP contribution in [-0.2, 0) is 0 Å². The highest BCUT2D eigenvalue weighted by atomic mass is 79.9. The van der Waals surface area contributed by atoms with Crippen molar-refractivity contribution in [3.63, 3.8) is 0 Å². The lowest BCUT2D eigenvalue weighted by Gasteiger charge is -2.14. The van der Waals surface area contributed by atoms with Crippen LogP contribution in [0.3, 0.4) is 0 Å². The zero-order chi connectivity index (χ0) is 10.6. The number of rotatable bonds is 4. The van der Waals surface area contributed by atoms with Gasteiger partial charge in [0.1, 0.15) is 5.75 Å². The molecule has 3 nitrogen and oxygen atoms in total. The normalized spacial score (nSPS) is 11.7. The molecule has 5 heteroatoms. The molecule has 0 saturated heterocycles. The van der Waals surface area contributed by atoms with Gasteiger partial charge in [-0.05, 0) is 24.6 Å². The summed E-state index contributed by atoms with van der Waals surface area (Å²) in [7, 11) is 1.61. The monoisotopic (exact) mass is 295 g/mol. The van der Waals surface area contributed by atoms with Crippen molar-refractivity contribution in [2.75, 3.05) is 13.7 Å². The van der Waals surface area contributed by atoms with Crippen molar-refractivity contribution in [3.8, 4) is 5.75 Å². The zero-order valence-electron chi connectivity index (χ0n) is 8.44. The number of benzene rings is 1. The number of halogens is 2. The van der Waals surface area contributed by atoms with E-state index in [2.05, 4.69) is 15.9 Å². The lowest BCUT2D eigenvalue weighted by molar-refractivity contribution is 0.275. The third-order valence-corrected chi connectivity index (χ3v) is 2.52. The summed E-state index contributed by atoms with van der Waals surface area (Å²) in [5, 5.41) is 8.80. The Hall–Kier alpha value is -0.290. The molecule has 0 aliphatic rings. The van der Waals surface area contributed by atoms with Crippen molar-refractivity contribution in [2.24, 2.45) is 5.73 Å². The molecule has 1 rings (SSSR count). The third-order valence-electron chi connectivity index (χ3n) is 2.03. The van der Waals surface area contributed by atoms with Crippen molar-refractivity contribution < 1.29 is 9.84 Å². The molecule has 0 aliphatic carbocycles. The molecule has 15 heavy (non-hydrogen) atoms. The molecule has 86 valence electrons. The topological polar surface area (TPSA) is 55.5 Å². The van der Waals surface area contributed by atoms with E-state index in [0.29, 0.717) is 6.42 Å². The van der Waals surface area contributed by atoms with E-state index in [9.17, 15) is 0 Å². The van der Waals surface area contributed by atoms with Crippen LogP contribution in [0.15, 0.2) is 22.7 Å². The number of hydrogen-bond acceptors (Lipinski definition) is 3. The average molecular weight is 297 g/mol. The lowest BCUT2D eigenvalue weighted by atomic mass is 10.0. The second-order valence-electron chi connectivity index (χ2n) is 3.01. The van der Waals surface area contributed by atoms with Crippen LogP contribution < -0.4 is 10.5 Å². The van der Waals surface area contributed by atoms with E-state index >= 15 is 0 Å². The fourth-order valence-electron chi connectivity index (χ4n) is 1.29. The van der Waals surface area contributed by atoms with Gasteiger partial charge in [0.15, 0.2) is 0 Å². The van der Waals surface area contributed by atoms with Crippen molar-refractivity contribution in [2.45, 2.75) is 12.5 Å². The predicted molar refractivity (Wildman–Crippen MR) is 66.6 cm³/mol. The van der Waals surface area contributed by atoms with Gasteiger partial charge in [-0.25, -0.2) is 0 Å². The summed E-state index contributed by atoms with van der Waals surface area (Å²) in [5.41, 5.74) is 6.80. The van der Waals surface area contributed by atoms with E-state index in [1.807, 2.05) is 18.2 Å². The van der Waals surface area contributed by atoms with Gasteiger partial charge in [0.2, 0.25) is 0 Å². The fraction of sp³-hybridized carbons (Fsp3) is 0.400. The molecular formula is C10H15BrClNO2. The van der Waals surface area contributed by atoms with E-state index in [1.165, 1.54) is 0 Å². The van der Waals surface area contributed by atoms with Crippen LogP contribution >= 0.6 is 28.3 Å². The summed E-state index contributed by atoms with van der Waals surface area (Å²) in [5.74, 6) is 0.758. The maximum Gasteiger partial charge on any atom is 0.123 e. The van der Waals surface area contributed by atoms with Crippen LogP contribution in [0.4, 0.5) is 0 Å². The summed E-state index contributed by atoms with van der Waals surface area (Å²) in [6, 6.07) is 5.48. The average Bonchev–Trinajstić information content (AvgIpc) is 2.18. The van der Waals surface area contributed by atoms with Gasteiger partial charge in [0, 0.05) is 22.7 Å². The molecule has 0 aliphatic heterocycles. The third kappa shape index (κ3) is 3.99. The molecule has 0 spiro atoms. The summed E-state index contributed by atoms with van der Waals surface area (Å²) in [6.07, 6.45) is 0.535. The van der Waals surface area contributed by atoms with E-state index in [0.717, 1.165) is 15.8 Å². The Labute approximate surface area is 104 Å². The Bertz CT molecular complexity index is 309. The summed E-state index contributed by atoms with van der Waals surface area (Å²) >= 11 is 3.37. The molecule has 0 amide bonds. The molecule has 1 aromatic rings. The van der Waals surface area contributed by atoms with Gasteiger partial charge in [-0.3, -0.25) is 0 Å². The number of aliphatic hydroxyl groups excluding tert-OH is 1. The zero-order valence-corrected chi connectivity index (χ0v) is 10.8. The van der Waals surface area contributed by atoms with Crippen molar-refractivity contribution in [1.29, 1.82) is 0 Å². The van der Waals surface area contributed by atoms with Crippen molar-refractivity contribution in [1.82, 2.24) is 0 Å². The van der Waals surface area contributed by atoms with Crippen molar-refractivity contribution >= 4 is 28.3 Å². The van der Waals surface area contributed by atoms with Crippen LogP contribution in [0.1, 0.15) is 18.0 Å². The van der Waals surface area contributed by atoms with Gasteiger partial charge in [0.05, 0.1) is 7.11 Å². The molecule has 0 fully saturated rings. The van der Waals surface area contributed by atoms with Crippen LogP contribution in [-0.4, -0.2) is 18.8 Å². The summed E-state index contributed by atoms with van der Waals surface area (Å²) in [4.78, 5) is 0. The molecule has 1 aromatic carbocycles. The van der Waals surface area contributed by atoms with Gasteiger partial charge in [0.25, 0.3) is 0 Å². The molecule has 0 bridgehead atoms. The molecule has 0 aromatic heterocycles. The first-order chi connectivity index (χ1) is 6.69. The Morgan fingerprint density at radius 3 is 2.73 bits per heavy atom. The molecule has 0 unspecified atom stereocenters. The molecule has 0 radical (unpaired) electrons. The fourth-order valence-corrected chi connectivity index (χ4v) is 1.67. The summed E-state index contributed by atoms with van der Waals surface area (Å²) < 4.78 is 6.15. The van der Waals surface area contributed by atoms with E-state index in [4.69, 9.17) is 15.6 Å². The van der Waals surface area contributed by atoms with Crippen LogP contribution in [0.5, 0.6) is 5.75 Å². The van der Waals surface area contributed by atoms with Gasteiger partial charge in [-0.15, -0.1) is 12.4 Å². The van der Waals surface area contributed by atoms with E-state index in [-0.39, 0.29) is 25.1 Å². The lowest BCUT2D eigenvalue weighted by Crippen LogP contribution is -2.13. The van der Waals surface area contributed by atoms with Gasteiger partial charge >= 0.3 is 0 Å². The first-order valence-corrected chi connectivity index (χ1v) is 5.18. The molecule has 0 heterocycles. The molecule has 1 atom stereocenters. The van der Waals surface area contributed by atoms with Gasteiger partial charge in [-0.2, -0.15) is 0 Å². The van der Waals surface area contributed by atoms with Crippen LogP contribution in [0.25, 0.3) is 0 Å². The number of methoxy groups -OCH3 is 1. The Balaban J connectivity index is 0.00000196. The predicted octanol–water partition coefficient (Wildman–Crippen LogP) is 2.26. The highest BCUT2D eigenvalue weighted by Gasteiger charge is 2.11. The first-order valence-electron chi connectivity index (χ1n) is 4.39. The van der Waals surface area contributed by atoms with Crippen LogP contribution in [0, 0.1) is 0 Å².